The molecule has 0 unspecified atom stereocenters. The fraction of sp³-hybridized carbons (Fsp3) is 0.613. The number of piperidine rings is 1. The van der Waals surface area contributed by atoms with Crippen LogP contribution in [0.5, 0.6) is 0 Å². The van der Waals surface area contributed by atoms with E-state index in [0.29, 0.717) is 24.1 Å². The zero-order valence-electron chi connectivity index (χ0n) is 21.7. The number of nitrogens with zero attached hydrogens (tertiary/aromatic N) is 1. The Balaban J connectivity index is 1.39. The van der Waals surface area contributed by atoms with Gasteiger partial charge < -0.3 is 10.2 Å². The van der Waals surface area contributed by atoms with E-state index in [9.17, 15) is 9.59 Å². The van der Waals surface area contributed by atoms with Gasteiger partial charge in [-0.05, 0) is 60.9 Å². The Morgan fingerprint density at radius 2 is 1.43 bits per heavy atom. The molecule has 1 aliphatic heterocycles. The summed E-state index contributed by atoms with van der Waals surface area (Å²) >= 11 is 0. The van der Waals surface area contributed by atoms with E-state index in [1.165, 1.54) is 70.6 Å². The molecule has 1 heterocycles. The summed E-state index contributed by atoms with van der Waals surface area (Å²) in [6.07, 6.45) is 17.3. The number of rotatable bonds is 11. The minimum atomic E-state index is -0.0338. The number of amides is 2. The van der Waals surface area contributed by atoms with Crippen molar-refractivity contribution in [3.8, 4) is 0 Å². The first-order valence-corrected chi connectivity index (χ1v) is 14.3. The van der Waals surface area contributed by atoms with Crippen LogP contribution in [0.1, 0.15) is 118 Å². The molecule has 1 N–H and O–H groups in total. The second-order valence-electron chi connectivity index (χ2n) is 10.7. The topological polar surface area (TPSA) is 49.4 Å². The van der Waals surface area contributed by atoms with Crippen molar-refractivity contribution in [2.75, 3.05) is 13.1 Å². The molecular formula is C31H44N2O2. The van der Waals surface area contributed by atoms with Crippen LogP contribution in [0, 0.1) is 5.92 Å². The molecule has 2 fully saturated rings. The lowest BCUT2D eigenvalue weighted by Crippen LogP contribution is -2.49. The fourth-order valence-electron chi connectivity index (χ4n) is 6.27. The van der Waals surface area contributed by atoms with Crippen LogP contribution in [-0.4, -0.2) is 35.8 Å². The zero-order chi connectivity index (χ0) is 24.5. The highest BCUT2D eigenvalue weighted by Crippen LogP contribution is 2.36. The van der Waals surface area contributed by atoms with Crippen molar-refractivity contribution >= 4 is 22.6 Å². The van der Waals surface area contributed by atoms with Gasteiger partial charge in [0.05, 0.1) is 0 Å². The number of nitrogens with one attached hydrogen (secondary N) is 1. The average Bonchev–Trinajstić information content (AvgIpc) is 2.90. The normalized spacial score (nSPS) is 20.0. The number of hydrogen-bond acceptors (Lipinski definition) is 2. The molecule has 0 spiro atoms. The van der Waals surface area contributed by atoms with Crippen LogP contribution in [0.4, 0.5) is 0 Å². The van der Waals surface area contributed by atoms with Gasteiger partial charge in [0.25, 0.3) is 11.8 Å². The molecular weight excluding hydrogens is 432 g/mol. The molecule has 1 saturated carbocycles. The van der Waals surface area contributed by atoms with Gasteiger partial charge in [0.15, 0.2) is 0 Å². The van der Waals surface area contributed by atoms with Crippen LogP contribution in [0.25, 0.3) is 10.8 Å². The van der Waals surface area contributed by atoms with Crippen molar-refractivity contribution in [1.29, 1.82) is 0 Å². The highest BCUT2D eigenvalue weighted by molar-refractivity contribution is 6.14. The van der Waals surface area contributed by atoms with Gasteiger partial charge in [-0.3, -0.25) is 9.59 Å². The first-order chi connectivity index (χ1) is 17.2. The molecule has 35 heavy (non-hydrogen) atoms. The van der Waals surface area contributed by atoms with Gasteiger partial charge in [0.1, 0.15) is 0 Å². The number of carbonyl (C=O) groups is 2. The molecule has 4 heteroatoms. The standard InChI is InChI=1S/C31H44N2O2/c1-2-3-4-5-6-7-8-13-22-32-30(34)27-20-21-28(26-18-11-10-17-25(26)27)31(35)33-23-14-16-24-15-9-12-19-29(24)33/h10-11,17-18,20-21,24,29H,2-9,12-16,19,22-23H2,1H3,(H,32,34)/t24-,29-/m0/s1. The van der Waals surface area contributed by atoms with E-state index in [2.05, 4.69) is 17.1 Å². The Labute approximate surface area is 211 Å². The van der Waals surface area contributed by atoms with Crippen LogP contribution in [0.2, 0.25) is 0 Å². The van der Waals surface area contributed by atoms with Gasteiger partial charge in [-0.1, -0.05) is 89.0 Å². The third-order valence-electron chi connectivity index (χ3n) is 8.22. The second kappa shape index (κ2) is 13.1. The molecule has 2 amide bonds. The predicted molar refractivity (Wildman–Crippen MR) is 145 cm³/mol. The molecule has 0 bridgehead atoms. The van der Waals surface area contributed by atoms with Crippen molar-refractivity contribution in [2.24, 2.45) is 5.92 Å². The first-order valence-electron chi connectivity index (χ1n) is 14.3. The maximum Gasteiger partial charge on any atom is 0.254 e. The fourth-order valence-corrected chi connectivity index (χ4v) is 6.27. The smallest absolute Gasteiger partial charge is 0.254 e. The number of unbranched alkanes of at least 4 members (excludes halogenated alkanes) is 7. The van der Waals surface area contributed by atoms with Gasteiger partial charge in [0, 0.05) is 30.3 Å². The monoisotopic (exact) mass is 476 g/mol. The molecule has 190 valence electrons. The number of carbonyl (C=O) groups excluding carboxylic acids is 2. The number of likely N-dealkylation sites (tertiary alicyclic amines) is 1. The van der Waals surface area contributed by atoms with E-state index in [0.717, 1.165) is 42.1 Å². The SMILES string of the molecule is CCCCCCCCCCNC(=O)c1ccc(C(=O)N2CCC[C@@H]3CCCC[C@@H]32)c2ccccc12. The Hall–Kier alpha value is -2.36. The number of benzene rings is 2. The molecule has 2 aliphatic rings. The summed E-state index contributed by atoms with van der Waals surface area (Å²) in [7, 11) is 0. The van der Waals surface area contributed by atoms with Crippen LogP contribution in [-0.2, 0) is 0 Å². The number of fused-ring (bicyclic) bond motifs is 2. The van der Waals surface area contributed by atoms with Gasteiger partial charge in [-0.25, -0.2) is 0 Å². The van der Waals surface area contributed by atoms with Crippen LogP contribution in [0.3, 0.4) is 0 Å². The van der Waals surface area contributed by atoms with Gasteiger partial charge in [-0.2, -0.15) is 0 Å². The van der Waals surface area contributed by atoms with Crippen molar-refractivity contribution in [3.63, 3.8) is 0 Å². The summed E-state index contributed by atoms with van der Waals surface area (Å²) in [4.78, 5) is 28.9. The molecule has 4 rings (SSSR count). The Kier molecular flexibility index (Phi) is 9.62. The minimum Gasteiger partial charge on any atom is -0.352 e. The summed E-state index contributed by atoms with van der Waals surface area (Å²) in [5.41, 5.74) is 1.41. The third kappa shape index (κ3) is 6.45. The molecule has 1 aliphatic carbocycles. The molecule has 2 aromatic rings. The van der Waals surface area contributed by atoms with Gasteiger partial charge in [-0.15, -0.1) is 0 Å². The van der Waals surface area contributed by atoms with Gasteiger partial charge in [0.2, 0.25) is 0 Å². The maximum atomic E-state index is 13.7. The Morgan fingerprint density at radius 3 is 2.20 bits per heavy atom. The third-order valence-corrected chi connectivity index (χ3v) is 8.22. The summed E-state index contributed by atoms with van der Waals surface area (Å²) in [5.74, 6) is 0.770. The summed E-state index contributed by atoms with van der Waals surface area (Å²) in [6, 6.07) is 12.1. The van der Waals surface area contributed by atoms with Crippen LogP contribution in [0.15, 0.2) is 36.4 Å². The largest absolute Gasteiger partial charge is 0.352 e. The van der Waals surface area contributed by atoms with Crippen molar-refractivity contribution in [1.82, 2.24) is 10.2 Å². The molecule has 2 aromatic carbocycles. The van der Waals surface area contributed by atoms with E-state index in [1.54, 1.807) is 0 Å². The lowest BCUT2D eigenvalue weighted by Gasteiger charge is -2.44. The predicted octanol–water partition coefficient (Wildman–Crippen LogP) is 7.51. The number of hydrogen-bond donors (Lipinski definition) is 1. The highest BCUT2D eigenvalue weighted by Gasteiger charge is 2.36. The molecule has 0 radical (unpaired) electrons. The van der Waals surface area contributed by atoms with E-state index in [4.69, 9.17) is 0 Å². The first kappa shape index (κ1) is 25.7. The van der Waals surface area contributed by atoms with Crippen molar-refractivity contribution in [3.05, 3.63) is 47.5 Å². The minimum absolute atomic E-state index is 0.0338. The van der Waals surface area contributed by atoms with Crippen LogP contribution >= 0.6 is 0 Å². The average molecular weight is 477 g/mol. The van der Waals surface area contributed by atoms with Crippen LogP contribution < -0.4 is 5.32 Å². The maximum absolute atomic E-state index is 13.7. The second-order valence-corrected chi connectivity index (χ2v) is 10.7. The van der Waals surface area contributed by atoms with Crippen molar-refractivity contribution in [2.45, 2.75) is 103 Å². The Morgan fingerprint density at radius 1 is 0.800 bits per heavy atom. The van der Waals surface area contributed by atoms with E-state index < -0.39 is 0 Å². The van der Waals surface area contributed by atoms with E-state index in [-0.39, 0.29) is 11.8 Å². The Bertz CT molecular complexity index is 983. The summed E-state index contributed by atoms with van der Waals surface area (Å²) in [5, 5.41) is 4.89. The van der Waals surface area contributed by atoms with E-state index in [1.807, 2.05) is 36.4 Å². The summed E-state index contributed by atoms with van der Waals surface area (Å²) < 4.78 is 0. The lowest BCUT2D eigenvalue weighted by atomic mass is 9.78. The molecule has 0 aromatic heterocycles. The highest BCUT2D eigenvalue weighted by atomic mass is 16.2. The quantitative estimate of drug-likeness (QED) is 0.341. The molecule has 1 saturated heterocycles. The molecule has 4 nitrogen and oxygen atoms in total. The lowest BCUT2D eigenvalue weighted by molar-refractivity contribution is 0.0392. The van der Waals surface area contributed by atoms with E-state index >= 15 is 0 Å². The zero-order valence-corrected chi connectivity index (χ0v) is 21.7. The van der Waals surface area contributed by atoms with Gasteiger partial charge >= 0.3 is 0 Å². The van der Waals surface area contributed by atoms with Crippen molar-refractivity contribution < 1.29 is 9.59 Å². The molecule has 2 atom stereocenters. The summed E-state index contributed by atoms with van der Waals surface area (Å²) in [6.45, 7) is 3.81.